The van der Waals surface area contributed by atoms with Crippen LogP contribution in [-0.4, -0.2) is 24.9 Å². The zero-order valence-electron chi connectivity index (χ0n) is 18.9. The van der Waals surface area contributed by atoms with E-state index < -0.39 is 0 Å². The summed E-state index contributed by atoms with van der Waals surface area (Å²) in [6.45, 7) is 8.89. The second-order valence-electron chi connectivity index (χ2n) is 8.15. The number of halogens is 1. The molecule has 0 aromatic heterocycles. The number of hydrogen-bond acceptors (Lipinski definition) is 5. The van der Waals surface area contributed by atoms with E-state index in [1.807, 2.05) is 49.4 Å². The summed E-state index contributed by atoms with van der Waals surface area (Å²) in [5.74, 6) is 1.43. The number of ether oxygens (including phenoxy) is 1. The summed E-state index contributed by atoms with van der Waals surface area (Å²) >= 11 is 6.17. The van der Waals surface area contributed by atoms with Crippen molar-refractivity contribution in [3.63, 3.8) is 0 Å². The molecule has 0 atom stereocenters. The Bertz CT molecular complexity index is 1000. The van der Waals surface area contributed by atoms with Crippen molar-refractivity contribution >= 4 is 23.3 Å². The Morgan fingerprint density at radius 3 is 2.88 bits per heavy atom. The number of carbonyl (C=O) groups is 1. The Kier molecular flexibility index (Phi) is 8.71. The molecule has 6 nitrogen and oxygen atoms in total. The first kappa shape index (κ1) is 23.8. The topological polar surface area (TPSA) is 74.8 Å². The van der Waals surface area contributed by atoms with Crippen LogP contribution >= 0.6 is 11.6 Å². The lowest BCUT2D eigenvalue weighted by atomic mass is 9.98. The van der Waals surface area contributed by atoms with Gasteiger partial charge in [-0.15, -0.1) is 0 Å². The average molecular weight is 455 g/mol. The number of amides is 1. The van der Waals surface area contributed by atoms with Crippen LogP contribution < -0.4 is 20.8 Å². The minimum Gasteiger partial charge on any atom is -0.493 e. The van der Waals surface area contributed by atoms with E-state index >= 15 is 0 Å². The van der Waals surface area contributed by atoms with Gasteiger partial charge < -0.3 is 20.8 Å². The molecule has 0 bridgehead atoms. The van der Waals surface area contributed by atoms with Crippen molar-refractivity contribution < 1.29 is 9.53 Å². The monoisotopic (exact) mass is 454 g/mol. The first-order valence-electron chi connectivity index (χ1n) is 10.9. The summed E-state index contributed by atoms with van der Waals surface area (Å²) in [6.07, 6.45) is 4.51. The Labute approximate surface area is 195 Å². The van der Waals surface area contributed by atoms with Gasteiger partial charge in [0.2, 0.25) is 0 Å². The van der Waals surface area contributed by atoms with Crippen LogP contribution in [0.5, 0.6) is 5.75 Å². The molecule has 0 radical (unpaired) electrons. The minimum atomic E-state index is -0.186. The van der Waals surface area contributed by atoms with Crippen molar-refractivity contribution in [2.24, 2.45) is 11.0 Å². The Hall–Kier alpha value is -2.83. The van der Waals surface area contributed by atoms with E-state index in [4.69, 9.17) is 16.3 Å². The number of nitrogens with one attached hydrogen (secondary N) is 3. The fraction of sp³-hybridized carbons (Fsp3) is 0.360. The van der Waals surface area contributed by atoms with Gasteiger partial charge in [0.1, 0.15) is 5.75 Å². The number of rotatable bonds is 8. The number of hydrogen-bond donors (Lipinski definition) is 3. The van der Waals surface area contributed by atoms with Crippen LogP contribution in [0.15, 0.2) is 53.7 Å². The molecule has 7 heteroatoms. The van der Waals surface area contributed by atoms with E-state index in [0.717, 1.165) is 30.8 Å². The Balaban J connectivity index is 1.67. The zero-order valence-corrected chi connectivity index (χ0v) is 19.6. The first-order valence-corrected chi connectivity index (χ1v) is 11.3. The molecular weight excluding hydrogens is 424 g/mol. The number of hydrazone groups is 1. The van der Waals surface area contributed by atoms with Crippen molar-refractivity contribution in [1.29, 1.82) is 0 Å². The van der Waals surface area contributed by atoms with Crippen LogP contribution in [0.3, 0.4) is 0 Å². The minimum absolute atomic E-state index is 0.186. The number of amidine groups is 1. The maximum Gasteiger partial charge on any atom is 0.256 e. The van der Waals surface area contributed by atoms with E-state index in [1.54, 1.807) is 6.08 Å². The van der Waals surface area contributed by atoms with Crippen LogP contribution in [0.25, 0.3) is 0 Å². The normalized spacial score (nSPS) is 13.8. The fourth-order valence-electron chi connectivity index (χ4n) is 3.36. The van der Waals surface area contributed by atoms with Gasteiger partial charge in [-0.3, -0.25) is 4.79 Å². The molecule has 2 aromatic rings. The average Bonchev–Trinajstić information content (AvgIpc) is 2.78. The lowest BCUT2D eigenvalue weighted by molar-refractivity contribution is 0.0977. The molecule has 32 heavy (non-hydrogen) atoms. The van der Waals surface area contributed by atoms with Crippen LogP contribution in [0.2, 0.25) is 5.02 Å². The maximum absolute atomic E-state index is 12.8. The van der Waals surface area contributed by atoms with Gasteiger partial charge in [0, 0.05) is 22.7 Å². The number of carbonyl (C=O) groups excluding carboxylic acids is 1. The number of nitrogens with zero attached hydrogens (tertiary/aromatic N) is 1. The van der Waals surface area contributed by atoms with Crippen molar-refractivity contribution in [3.8, 4) is 5.75 Å². The van der Waals surface area contributed by atoms with Gasteiger partial charge in [-0.1, -0.05) is 37.6 Å². The third kappa shape index (κ3) is 6.84. The third-order valence-corrected chi connectivity index (χ3v) is 5.22. The molecule has 1 aliphatic rings. The van der Waals surface area contributed by atoms with Gasteiger partial charge in [-0.2, -0.15) is 5.10 Å². The molecule has 0 spiro atoms. The number of fused-ring (bicyclic) bond motifs is 1. The number of allylic oxidation sites excluding steroid dienone is 1. The molecule has 170 valence electrons. The molecular formula is C25H31ClN4O2. The predicted octanol–water partition coefficient (Wildman–Crippen LogP) is 4.43. The summed E-state index contributed by atoms with van der Waals surface area (Å²) < 4.78 is 5.89. The van der Waals surface area contributed by atoms with Gasteiger partial charge in [0.25, 0.3) is 5.91 Å². The first-order chi connectivity index (χ1) is 15.5. The van der Waals surface area contributed by atoms with Gasteiger partial charge in [0.15, 0.2) is 5.84 Å². The molecule has 3 rings (SSSR count). The van der Waals surface area contributed by atoms with E-state index in [-0.39, 0.29) is 5.91 Å². The molecule has 0 saturated heterocycles. The highest BCUT2D eigenvalue weighted by Crippen LogP contribution is 2.23. The smallest absolute Gasteiger partial charge is 0.256 e. The molecule has 0 unspecified atom stereocenters. The molecule has 2 aromatic carbocycles. The maximum atomic E-state index is 12.8. The SMILES string of the molecule is C/C=C/C(=N\NCc1cc(Cl)ccc1OCC(C)C)NC(=O)c1ccc2c(c1)CCNC2. The van der Waals surface area contributed by atoms with Gasteiger partial charge in [-0.25, -0.2) is 0 Å². The largest absolute Gasteiger partial charge is 0.493 e. The molecule has 1 amide bonds. The van der Waals surface area contributed by atoms with E-state index in [1.165, 1.54) is 11.1 Å². The summed E-state index contributed by atoms with van der Waals surface area (Å²) in [4.78, 5) is 12.8. The fourth-order valence-corrected chi connectivity index (χ4v) is 3.56. The number of benzene rings is 2. The van der Waals surface area contributed by atoms with Gasteiger partial charge in [0.05, 0.1) is 13.2 Å². The highest BCUT2D eigenvalue weighted by molar-refractivity contribution is 6.30. The van der Waals surface area contributed by atoms with Crippen molar-refractivity contribution in [2.75, 3.05) is 13.2 Å². The quantitative estimate of drug-likeness (QED) is 0.313. The van der Waals surface area contributed by atoms with E-state index in [2.05, 4.69) is 35.0 Å². The second-order valence-corrected chi connectivity index (χ2v) is 8.59. The summed E-state index contributed by atoms with van der Waals surface area (Å²) in [7, 11) is 0. The molecule has 0 saturated carbocycles. The standard InChI is InChI=1S/C25H31ClN4O2/c1-4-5-24(29-25(31)19-6-7-20-14-27-11-10-18(20)12-19)30-28-15-21-13-22(26)8-9-23(21)32-16-17(2)3/h4-9,12-13,17,27-28H,10-11,14-16H2,1-3H3,(H,29,30,31)/b5-4+. The van der Waals surface area contributed by atoms with E-state index in [9.17, 15) is 4.79 Å². The molecule has 3 N–H and O–H groups in total. The highest BCUT2D eigenvalue weighted by Gasteiger charge is 2.13. The van der Waals surface area contributed by atoms with Crippen LogP contribution in [-0.2, 0) is 19.5 Å². The molecule has 0 aliphatic carbocycles. The summed E-state index contributed by atoms with van der Waals surface area (Å²) in [5.41, 5.74) is 7.01. The summed E-state index contributed by atoms with van der Waals surface area (Å²) in [5, 5.41) is 11.2. The van der Waals surface area contributed by atoms with Crippen molar-refractivity contribution in [3.05, 3.63) is 75.8 Å². The van der Waals surface area contributed by atoms with Crippen molar-refractivity contribution in [1.82, 2.24) is 16.1 Å². The lowest BCUT2D eigenvalue weighted by Crippen LogP contribution is -2.31. The molecule has 1 aliphatic heterocycles. The third-order valence-electron chi connectivity index (χ3n) is 4.98. The van der Waals surface area contributed by atoms with Crippen molar-refractivity contribution in [2.45, 2.75) is 40.3 Å². The van der Waals surface area contributed by atoms with Gasteiger partial charge >= 0.3 is 0 Å². The Morgan fingerprint density at radius 2 is 2.09 bits per heavy atom. The second kappa shape index (κ2) is 11.7. The van der Waals surface area contributed by atoms with Gasteiger partial charge in [-0.05, 0) is 73.3 Å². The van der Waals surface area contributed by atoms with Crippen LogP contribution in [0.4, 0.5) is 0 Å². The highest BCUT2D eigenvalue weighted by atomic mass is 35.5. The summed E-state index contributed by atoms with van der Waals surface area (Å²) in [6, 6.07) is 11.4. The zero-order chi connectivity index (χ0) is 22.9. The van der Waals surface area contributed by atoms with E-state index in [0.29, 0.717) is 35.5 Å². The van der Waals surface area contributed by atoms with Crippen LogP contribution in [0.1, 0.15) is 47.8 Å². The predicted molar refractivity (Wildman–Crippen MR) is 130 cm³/mol. The Morgan fingerprint density at radius 1 is 1.25 bits per heavy atom. The lowest BCUT2D eigenvalue weighted by Gasteiger charge is -2.17. The van der Waals surface area contributed by atoms with Crippen LogP contribution in [0, 0.1) is 5.92 Å². The molecule has 0 fully saturated rings. The molecule has 1 heterocycles.